The number of carbonyl (C=O) groups is 1. The van der Waals surface area contributed by atoms with Crippen molar-refractivity contribution >= 4 is 17.6 Å². The first kappa shape index (κ1) is 13.7. The van der Waals surface area contributed by atoms with E-state index in [1.54, 1.807) is 30.5 Å². The molecule has 1 N–H and O–H groups in total. The number of ether oxygens (including phenoxy) is 2. The second kappa shape index (κ2) is 6.47. The van der Waals surface area contributed by atoms with Crippen LogP contribution in [0.3, 0.4) is 0 Å². The zero-order valence-corrected chi connectivity index (χ0v) is 11.3. The minimum Gasteiger partial charge on any atom is -0.493 e. The Bertz CT molecular complexity index is 655. The first-order chi connectivity index (χ1) is 9.74. The van der Waals surface area contributed by atoms with Gasteiger partial charge in [-0.05, 0) is 19.1 Å². The Hall–Kier alpha value is -2.69. The molecule has 1 aromatic carbocycles. The van der Waals surface area contributed by atoms with Gasteiger partial charge in [0, 0.05) is 17.8 Å². The van der Waals surface area contributed by atoms with Crippen LogP contribution in [0.25, 0.3) is 11.1 Å². The molecule has 0 amide bonds. The molecule has 0 atom stereocenters. The van der Waals surface area contributed by atoms with Crippen LogP contribution in [0, 0.1) is 6.92 Å². The van der Waals surface area contributed by atoms with Gasteiger partial charge in [-0.1, -0.05) is 12.1 Å². The van der Waals surface area contributed by atoms with E-state index in [1.807, 2.05) is 19.1 Å². The summed E-state index contributed by atoms with van der Waals surface area (Å²) in [6.45, 7) is 2.38. The number of H-pyrrole nitrogens is 1. The van der Waals surface area contributed by atoms with Crippen molar-refractivity contribution in [3.8, 4) is 11.5 Å². The lowest BCUT2D eigenvalue weighted by atomic mass is 10.3. The first-order valence-corrected chi connectivity index (χ1v) is 6.00. The summed E-state index contributed by atoms with van der Waals surface area (Å²) < 4.78 is 14.6. The fourth-order valence-corrected chi connectivity index (χ4v) is 1.75. The van der Waals surface area contributed by atoms with Gasteiger partial charge in [-0.15, -0.1) is 0 Å². The number of rotatable bonds is 3. The normalized spacial score (nSPS) is 9.70. The summed E-state index contributed by atoms with van der Waals surface area (Å²) in [6, 6.07) is 10.8. The van der Waals surface area contributed by atoms with E-state index < -0.39 is 0 Å². The van der Waals surface area contributed by atoms with Gasteiger partial charge < -0.3 is 18.9 Å². The van der Waals surface area contributed by atoms with E-state index in [1.165, 1.54) is 7.11 Å². The predicted octanol–water partition coefficient (Wildman–Crippen LogP) is 3.30. The number of benzene rings is 1. The number of furan rings is 1. The number of para-hydroxylation sites is 2. The summed E-state index contributed by atoms with van der Waals surface area (Å²) in [7, 11) is 1.52. The van der Waals surface area contributed by atoms with Gasteiger partial charge >= 0.3 is 0 Å². The first-order valence-electron chi connectivity index (χ1n) is 6.00. The van der Waals surface area contributed by atoms with Gasteiger partial charge in [0.2, 0.25) is 0 Å². The van der Waals surface area contributed by atoms with Crippen molar-refractivity contribution in [3.05, 3.63) is 48.4 Å². The molecule has 5 nitrogen and oxygen atoms in total. The van der Waals surface area contributed by atoms with E-state index in [0.29, 0.717) is 18.0 Å². The minimum atomic E-state index is 0.373. The maximum absolute atomic E-state index is 9.96. The largest absolute Gasteiger partial charge is 0.493 e. The highest BCUT2D eigenvalue weighted by molar-refractivity contribution is 5.73. The molecular weight excluding hydrogens is 258 g/mol. The van der Waals surface area contributed by atoms with Gasteiger partial charge in [0.15, 0.2) is 17.1 Å². The van der Waals surface area contributed by atoms with E-state index in [2.05, 4.69) is 9.72 Å². The van der Waals surface area contributed by atoms with Crippen molar-refractivity contribution in [2.45, 2.75) is 6.92 Å². The topological polar surface area (TPSA) is 64.5 Å². The second-order valence-corrected chi connectivity index (χ2v) is 4.02. The average molecular weight is 273 g/mol. The maximum atomic E-state index is 9.96. The lowest BCUT2D eigenvalue weighted by Crippen LogP contribution is -1.92. The summed E-state index contributed by atoms with van der Waals surface area (Å²) in [4.78, 5) is 13.1. The highest BCUT2D eigenvalue weighted by atomic mass is 16.5. The summed E-state index contributed by atoms with van der Waals surface area (Å²) >= 11 is 0. The predicted molar refractivity (Wildman–Crippen MR) is 75.0 cm³/mol. The van der Waals surface area contributed by atoms with Gasteiger partial charge in [0.25, 0.3) is 6.47 Å². The van der Waals surface area contributed by atoms with Crippen LogP contribution in [-0.2, 0) is 4.79 Å². The van der Waals surface area contributed by atoms with Crippen molar-refractivity contribution < 1.29 is 18.7 Å². The quantitative estimate of drug-likeness (QED) is 0.744. The molecule has 2 heterocycles. The van der Waals surface area contributed by atoms with Crippen LogP contribution in [0.2, 0.25) is 0 Å². The number of hydrogen-bond donors (Lipinski definition) is 1. The van der Waals surface area contributed by atoms with Crippen LogP contribution < -0.4 is 9.47 Å². The van der Waals surface area contributed by atoms with E-state index >= 15 is 0 Å². The van der Waals surface area contributed by atoms with Crippen molar-refractivity contribution in [2.75, 3.05) is 7.11 Å². The Labute approximate surface area is 116 Å². The highest BCUT2D eigenvalue weighted by Crippen LogP contribution is 2.24. The molecular formula is C15H15NO4. The van der Waals surface area contributed by atoms with Crippen molar-refractivity contribution in [1.82, 2.24) is 4.98 Å². The van der Waals surface area contributed by atoms with Gasteiger partial charge in [0.05, 0.1) is 18.9 Å². The molecule has 20 heavy (non-hydrogen) atoms. The molecule has 3 rings (SSSR count). The van der Waals surface area contributed by atoms with Crippen LogP contribution in [0.15, 0.2) is 47.1 Å². The summed E-state index contributed by atoms with van der Waals surface area (Å²) in [5.41, 5.74) is 3.16. The fourth-order valence-electron chi connectivity index (χ4n) is 1.75. The second-order valence-electron chi connectivity index (χ2n) is 4.02. The summed E-state index contributed by atoms with van der Waals surface area (Å²) in [5, 5.41) is 0. The number of fused-ring (bicyclic) bond motifs is 1. The van der Waals surface area contributed by atoms with Crippen LogP contribution >= 0.6 is 0 Å². The van der Waals surface area contributed by atoms with E-state index in [0.717, 1.165) is 16.8 Å². The lowest BCUT2D eigenvalue weighted by Gasteiger charge is -2.03. The molecule has 0 saturated carbocycles. The number of methoxy groups -OCH3 is 1. The zero-order valence-electron chi connectivity index (χ0n) is 11.3. The Balaban J connectivity index is 0.000000149. The molecule has 3 aromatic rings. The molecule has 0 unspecified atom stereocenters. The molecule has 5 heteroatoms. The third kappa shape index (κ3) is 3.20. The summed E-state index contributed by atoms with van der Waals surface area (Å²) in [5.74, 6) is 0.990. The van der Waals surface area contributed by atoms with Crippen molar-refractivity contribution in [2.24, 2.45) is 0 Å². The molecule has 104 valence electrons. The van der Waals surface area contributed by atoms with Crippen LogP contribution in [0.1, 0.15) is 5.69 Å². The lowest BCUT2D eigenvalue weighted by molar-refractivity contribution is -0.120. The smallest absolute Gasteiger partial charge is 0.298 e. The number of aromatic amines is 1. The van der Waals surface area contributed by atoms with Gasteiger partial charge in [-0.3, -0.25) is 4.79 Å². The fraction of sp³-hybridized carbons (Fsp3) is 0.133. The van der Waals surface area contributed by atoms with Gasteiger partial charge in [-0.2, -0.15) is 0 Å². The molecule has 0 radical (unpaired) electrons. The zero-order chi connectivity index (χ0) is 14.4. The third-order valence-corrected chi connectivity index (χ3v) is 2.62. The molecule has 0 aliphatic heterocycles. The van der Waals surface area contributed by atoms with E-state index in [-0.39, 0.29) is 0 Å². The molecule has 0 fully saturated rings. The van der Waals surface area contributed by atoms with Crippen molar-refractivity contribution in [3.63, 3.8) is 0 Å². The van der Waals surface area contributed by atoms with Gasteiger partial charge in [-0.25, -0.2) is 0 Å². The molecule has 0 bridgehead atoms. The monoisotopic (exact) mass is 273 g/mol. The van der Waals surface area contributed by atoms with E-state index in [9.17, 15) is 4.79 Å². The SMILES string of the molecule is COc1ccccc1OC=O.Cc1cc2occc2[nH]1. The number of aromatic nitrogens is 1. The Morgan fingerprint density at radius 2 is 1.95 bits per heavy atom. The maximum Gasteiger partial charge on any atom is 0.298 e. The molecule has 0 spiro atoms. The van der Waals surface area contributed by atoms with Crippen LogP contribution in [-0.4, -0.2) is 18.6 Å². The number of carbonyl (C=O) groups excluding carboxylic acids is 1. The molecule has 0 aliphatic rings. The Kier molecular flexibility index (Phi) is 4.44. The van der Waals surface area contributed by atoms with Crippen LogP contribution in [0.5, 0.6) is 11.5 Å². The molecule has 2 aromatic heterocycles. The highest BCUT2D eigenvalue weighted by Gasteiger charge is 1.99. The standard InChI is InChI=1S/C8H8O3.C7H7NO/c1-10-7-4-2-3-5-8(7)11-6-9;1-5-4-7-6(8-5)2-3-9-7/h2-6H,1H3;2-4,8H,1H3. The number of aryl methyl sites for hydroxylation is 1. The Morgan fingerprint density at radius 3 is 2.60 bits per heavy atom. The minimum absolute atomic E-state index is 0.373. The average Bonchev–Trinajstić information content (AvgIpc) is 3.01. The number of hydrogen-bond acceptors (Lipinski definition) is 4. The van der Waals surface area contributed by atoms with Gasteiger partial charge in [0.1, 0.15) is 0 Å². The molecule has 0 aliphatic carbocycles. The Morgan fingerprint density at radius 1 is 1.20 bits per heavy atom. The van der Waals surface area contributed by atoms with Crippen molar-refractivity contribution in [1.29, 1.82) is 0 Å². The van der Waals surface area contributed by atoms with E-state index in [4.69, 9.17) is 9.15 Å². The third-order valence-electron chi connectivity index (χ3n) is 2.62. The molecule has 0 saturated heterocycles. The summed E-state index contributed by atoms with van der Waals surface area (Å²) in [6.07, 6.45) is 1.68. The number of nitrogens with one attached hydrogen (secondary N) is 1. The van der Waals surface area contributed by atoms with Crippen LogP contribution in [0.4, 0.5) is 0 Å².